The second-order valence-corrected chi connectivity index (χ2v) is 7.64. The molecule has 0 aromatic heterocycles. The average Bonchev–Trinajstić information content (AvgIpc) is 3.52. The van der Waals surface area contributed by atoms with Gasteiger partial charge in [-0.1, -0.05) is 29.8 Å². The number of carbonyl (C=O) groups excluding carboxylic acids is 2. The first kappa shape index (κ1) is 19.6. The highest BCUT2D eigenvalue weighted by molar-refractivity contribution is 6.31. The highest BCUT2D eigenvalue weighted by Gasteiger charge is 2.46. The smallest absolute Gasteiger partial charge is 0.243 e. The molecule has 1 aliphatic carbocycles. The van der Waals surface area contributed by atoms with Crippen molar-refractivity contribution < 1.29 is 19.1 Å². The summed E-state index contributed by atoms with van der Waals surface area (Å²) in [5, 5.41) is 3.52. The van der Waals surface area contributed by atoms with Crippen LogP contribution in [0.1, 0.15) is 24.8 Å². The minimum atomic E-state index is -0.244. The van der Waals surface area contributed by atoms with E-state index in [0.717, 1.165) is 12.0 Å². The standard InChI is InChI=1S/C22H23ClN2O4/c1-2-25(22(27)17-12-16(17)15-5-3-4-6-18(15)23)13-21(26)24-14-7-8-19-20(11-14)29-10-9-28-19/h3-8,11,16-17H,2,9-10,12-13H2,1H3,(H,24,26). The van der Waals surface area contributed by atoms with Crippen LogP contribution in [0.3, 0.4) is 0 Å². The third kappa shape index (κ3) is 4.32. The van der Waals surface area contributed by atoms with Gasteiger partial charge in [0.25, 0.3) is 0 Å². The first-order valence-electron chi connectivity index (χ1n) is 9.79. The van der Waals surface area contributed by atoms with E-state index in [9.17, 15) is 9.59 Å². The molecule has 2 unspecified atom stereocenters. The van der Waals surface area contributed by atoms with Crippen molar-refractivity contribution >= 4 is 29.1 Å². The van der Waals surface area contributed by atoms with Crippen molar-refractivity contribution in [2.75, 3.05) is 31.6 Å². The summed E-state index contributed by atoms with van der Waals surface area (Å²) in [6, 6.07) is 12.9. The maximum Gasteiger partial charge on any atom is 0.243 e. The molecule has 2 atom stereocenters. The van der Waals surface area contributed by atoms with Crippen LogP contribution in [0.4, 0.5) is 5.69 Å². The first-order chi connectivity index (χ1) is 14.1. The van der Waals surface area contributed by atoms with Gasteiger partial charge in [-0.25, -0.2) is 0 Å². The number of hydrogen-bond acceptors (Lipinski definition) is 4. The van der Waals surface area contributed by atoms with Crippen LogP contribution < -0.4 is 14.8 Å². The molecule has 29 heavy (non-hydrogen) atoms. The predicted octanol–water partition coefficient (Wildman–Crippen LogP) is 3.70. The summed E-state index contributed by atoms with van der Waals surface area (Å²) < 4.78 is 11.0. The normalized spacial score (nSPS) is 19.4. The van der Waals surface area contributed by atoms with Crippen LogP contribution >= 0.6 is 11.6 Å². The number of nitrogens with one attached hydrogen (secondary N) is 1. The van der Waals surface area contributed by atoms with E-state index in [2.05, 4.69) is 5.32 Å². The van der Waals surface area contributed by atoms with Gasteiger partial charge in [0.2, 0.25) is 11.8 Å². The van der Waals surface area contributed by atoms with Crippen molar-refractivity contribution in [3.8, 4) is 11.5 Å². The van der Waals surface area contributed by atoms with E-state index in [4.69, 9.17) is 21.1 Å². The molecule has 0 saturated heterocycles. The SMILES string of the molecule is CCN(CC(=O)Nc1ccc2c(c1)OCCO2)C(=O)C1CC1c1ccccc1Cl. The Morgan fingerprint density at radius 1 is 1.14 bits per heavy atom. The average molecular weight is 415 g/mol. The van der Waals surface area contributed by atoms with Crippen molar-refractivity contribution in [2.24, 2.45) is 5.92 Å². The molecule has 6 nitrogen and oxygen atoms in total. The fourth-order valence-corrected chi connectivity index (χ4v) is 3.94. The van der Waals surface area contributed by atoms with E-state index in [1.165, 1.54) is 0 Å². The molecule has 1 heterocycles. The van der Waals surface area contributed by atoms with E-state index in [0.29, 0.717) is 42.0 Å². The highest BCUT2D eigenvalue weighted by Crippen LogP contribution is 2.50. The zero-order chi connectivity index (χ0) is 20.4. The highest BCUT2D eigenvalue weighted by atomic mass is 35.5. The zero-order valence-corrected chi connectivity index (χ0v) is 16.9. The lowest BCUT2D eigenvalue weighted by molar-refractivity contribution is -0.135. The molecule has 1 fully saturated rings. The van der Waals surface area contributed by atoms with Gasteiger partial charge >= 0.3 is 0 Å². The number of anilines is 1. The number of nitrogens with zero attached hydrogens (tertiary/aromatic N) is 1. The number of halogens is 1. The summed E-state index contributed by atoms with van der Waals surface area (Å²) in [5.41, 5.74) is 1.62. The zero-order valence-electron chi connectivity index (χ0n) is 16.2. The van der Waals surface area contributed by atoms with Gasteiger partial charge in [0.1, 0.15) is 13.2 Å². The Hall–Kier alpha value is -2.73. The topological polar surface area (TPSA) is 67.9 Å². The number of likely N-dealkylation sites (N-methyl/N-ethyl adjacent to an activating group) is 1. The quantitative estimate of drug-likeness (QED) is 0.782. The van der Waals surface area contributed by atoms with Gasteiger partial charge in [-0.3, -0.25) is 9.59 Å². The Balaban J connectivity index is 1.36. The third-order valence-electron chi connectivity index (χ3n) is 5.27. The van der Waals surface area contributed by atoms with Gasteiger partial charge in [0.05, 0.1) is 6.54 Å². The second kappa shape index (κ2) is 8.33. The van der Waals surface area contributed by atoms with E-state index in [1.807, 2.05) is 31.2 Å². The van der Waals surface area contributed by atoms with Crippen LogP contribution in [-0.2, 0) is 9.59 Å². The Labute approximate surface area is 174 Å². The van der Waals surface area contributed by atoms with E-state index in [-0.39, 0.29) is 30.2 Å². The lowest BCUT2D eigenvalue weighted by Gasteiger charge is -2.21. The minimum absolute atomic E-state index is 0.00487. The number of carbonyl (C=O) groups is 2. The minimum Gasteiger partial charge on any atom is -0.486 e. The lowest BCUT2D eigenvalue weighted by Crippen LogP contribution is -2.39. The summed E-state index contributed by atoms with van der Waals surface area (Å²) in [5.74, 6) is 1.04. The molecule has 0 spiro atoms. The molecule has 1 N–H and O–H groups in total. The van der Waals surface area contributed by atoms with Crippen LogP contribution in [-0.4, -0.2) is 43.0 Å². The van der Waals surface area contributed by atoms with Crippen molar-refractivity contribution in [1.82, 2.24) is 4.90 Å². The molecule has 2 amide bonds. The maximum absolute atomic E-state index is 12.9. The fourth-order valence-electron chi connectivity index (χ4n) is 3.66. The van der Waals surface area contributed by atoms with Crippen LogP contribution in [0.5, 0.6) is 11.5 Å². The van der Waals surface area contributed by atoms with Crippen molar-refractivity contribution in [3.63, 3.8) is 0 Å². The summed E-state index contributed by atoms with van der Waals surface area (Å²) in [6.45, 7) is 3.36. The van der Waals surface area contributed by atoms with Gasteiger partial charge in [-0.15, -0.1) is 0 Å². The monoisotopic (exact) mass is 414 g/mol. The Morgan fingerprint density at radius 2 is 1.90 bits per heavy atom. The van der Waals surface area contributed by atoms with E-state index < -0.39 is 0 Å². The third-order valence-corrected chi connectivity index (χ3v) is 5.61. The van der Waals surface area contributed by atoms with Crippen LogP contribution in [0, 0.1) is 5.92 Å². The predicted molar refractivity (Wildman–Crippen MR) is 111 cm³/mol. The number of fused-ring (bicyclic) bond motifs is 1. The van der Waals surface area contributed by atoms with Gasteiger partial charge in [-0.05, 0) is 43.0 Å². The van der Waals surface area contributed by atoms with Crippen molar-refractivity contribution in [3.05, 3.63) is 53.1 Å². The summed E-state index contributed by atoms with van der Waals surface area (Å²) in [6.07, 6.45) is 0.767. The van der Waals surface area contributed by atoms with Gasteiger partial charge in [0.15, 0.2) is 11.5 Å². The largest absolute Gasteiger partial charge is 0.486 e. The fraction of sp³-hybridized carbons (Fsp3) is 0.364. The Morgan fingerprint density at radius 3 is 2.66 bits per heavy atom. The second-order valence-electron chi connectivity index (χ2n) is 7.23. The van der Waals surface area contributed by atoms with Crippen molar-refractivity contribution in [2.45, 2.75) is 19.3 Å². The molecule has 0 radical (unpaired) electrons. The number of ether oxygens (including phenoxy) is 2. The van der Waals surface area contributed by atoms with Crippen LogP contribution in [0.25, 0.3) is 0 Å². The molecular weight excluding hydrogens is 392 g/mol. The molecule has 1 saturated carbocycles. The number of hydrogen-bond donors (Lipinski definition) is 1. The molecule has 2 aliphatic rings. The number of benzene rings is 2. The van der Waals surface area contributed by atoms with Crippen LogP contribution in [0.15, 0.2) is 42.5 Å². The molecule has 1 aliphatic heterocycles. The first-order valence-corrected chi connectivity index (χ1v) is 10.2. The summed E-state index contributed by atoms with van der Waals surface area (Å²) in [4.78, 5) is 27.0. The van der Waals surface area contributed by atoms with Gasteiger partial charge in [-0.2, -0.15) is 0 Å². The van der Waals surface area contributed by atoms with E-state index >= 15 is 0 Å². The lowest BCUT2D eigenvalue weighted by atomic mass is 10.1. The van der Waals surface area contributed by atoms with E-state index in [1.54, 1.807) is 23.1 Å². The van der Waals surface area contributed by atoms with Gasteiger partial charge in [0, 0.05) is 29.2 Å². The molecular formula is C22H23ClN2O4. The summed E-state index contributed by atoms with van der Waals surface area (Å²) >= 11 is 6.26. The molecule has 7 heteroatoms. The number of rotatable bonds is 6. The van der Waals surface area contributed by atoms with Crippen molar-refractivity contribution in [1.29, 1.82) is 0 Å². The Bertz CT molecular complexity index is 933. The van der Waals surface area contributed by atoms with Crippen LogP contribution in [0.2, 0.25) is 5.02 Å². The molecule has 152 valence electrons. The summed E-state index contributed by atoms with van der Waals surface area (Å²) in [7, 11) is 0. The maximum atomic E-state index is 12.9. The number of amides is 2. The molecule has 2 aromatic carbocycles. The molecule has 2 aromatic rings. The Kier molecular flexibility index (Phi) is 5.62. The molecule has 4 rings (SSSR count). The molecule has 0 bridgehead atoms. The van der Waals surface area contributed by atoms with Gasteiger partial charge < -0.3 is 19.7 Å².